The van der Waals surface area contributed by atoms with Crippen molar-refractivity contribution in [3.8, 4) is 0 Å². The lowest BCUT2D eigenvalue weighted by molar-refractivity contribution is -0.130. The van der Waals surface area contributed by atoms with Crippen LogP contribution >= 0.6 is 23.2 Å². The molecular weight excluding hydrogens is 353 g/mol. The number of hydrogen-bond acceptors (Lipinski definition) is 3. The molecule has 0 saturated carbocycles. The SMILES string of the molecule is O=C(CNC(=O)c1ccccc1)NC1CCN(C(=O)C(Cl)Cl)CC1. The van der Waals surface area contributed by atoms with Crippen LogP contribution in [0.4, 0.5) is 0 Å². The summed E-state index contributed by atoms with van der Waals surface area (Å²) in [4.78, 5) is 36.0. The number of alkyl halides is 2. The van der Waals surface area contributed by atoms with Gasteiger partial charge in [-0.2, -0.15) is 0 Å². The van der Waals surface area contributed by atoms with Crippen LogP contribution in [-0.2, 0) is 9.59 Å². The minimum Gasteiger partial charge on any atom is -0.352 e. The Bertz CT molecular complexity index is 587. The molecule has 8 heteroatoms. The number of carbonyl (C=O) groups excluding carboxylic acids is 3. The lowest BCUT2D eigenvalue weighted by Crippen LogP contribution is -2.49. The van der Waals surface area contributed by atoms with Crippen molar-refractivity contribution in [1.29, 1.82) is 0 Å². The molecule has 1 aliphatic rings. The van der Waals surface area contributed by atoms with Crippen molar-refractivity contribution in [3.63, 3.8) is 0 Å². The molecule has 0 bridgehead atoms. The Kier molecular flexibility index (Phi) is 6.87. The van der Waals surface area contributed by atoms with Crippen molar-refractivity contribution < 1.29 is 14.4 Å². The first-order valence-corrected chi connectivity index (χ1v) is 8.54. The van der Waals surface area contributed by atoms with Crippen LogP contribution in [0.25, 0.3) is 0 Å². The number of halogens is 2. The maximum absolute atomic E-state index is 11.9. The van der Waals surface area contributed by atoms with Gasteiger partial charge in [0.25, 0.3) is 11.8 Å². The first kappa shape index (κ1) is 18.5. The summed E-state index contributed by atoms with van der Waals surface area (Å²) in [5.74, 6) is -0.851. The van der Waals surface area contributed by atoms with Crippen LogP contribution in [0.1, 0.15) is 23.2 Å². The third-order valence-electron chi connectivity index (χ3n) is 3.80. The molecule has 1 fully saturated rings. The Balaban J connectivity index is 1.70. The summed E-state index contributed by atoms with van der Waals surface area (Å²) in [6.07, 6.45) is 1.26. The van der Waals surface area contributed by atoms with Gasteiger partial charge in [0.2, 0.25) is 5.91 Å². The number of piperidine rings is 1. The summed E-state index contributed by atoms with van der Waals surface area (Å²) in [5, 5.41) is 5.44. The zero-order chi connectivity index (χ0) is 17.5. The first-order valence-electron chi connectivity index (χ1n) is 7.67. The van der Waals surface area contributed by atoms with E-state index < -0.39 is 4.84 Å². The van der Waals surface area contributed by atoms with Crippen molar-refractivity contribution in [3.05, 3.63) is 35.9 Å². The molecule has 1 aromatic rings. The predicted octanol–water partition coefficient (Wildman–Crippen LogP) is 1.33. The Morgan fingerprint density at radius 2 is 1.75 bits per heavy atom. The van der Waals surface area contributed by atoms with Crippen molar-refractivity contribution >= 4 is 40.9 Å². The third-order valence-corrected chi connectivity index (χ3v) is 4.18. The molecule has 0 atom stereocenters. The Hall–Kier alpha value is -1.79. The fourth-order valence-corrected chi connectivity index (χ4v) is 2.79. The molecule has 0 aromatic heterocycles. The standard InChI is InChI=1S/C16H19Cl2N3O3/c17-14(18)16(24)21-8-6-12(7-9-21)20-13(22)10-19-15(23)11-4-2-1-3-5-11/h1-5,12,14H,6-10H2,(H,19,23)(H,20,22). The average molecular weight is 372 g/mol. The van der Waals surface area contributed by atoms with Crippen LogP contribution in [0.3, 0.4) is 0 Å². The van der Waals surface area contributed by atoms with E-state index in [4.69, 9.17) is 23.2 Å². The zero-order valence-corrected chi connectivity index (χ0v) is 14.5. The van der Waals surface area contributed by atoms with Gasteiger partial charge >= 0.3 is 0 Å². The molecule has 2 N–H and O–H groups in total. The Labute approximate surface area is 150 Å². The highest BCUT2D eigenvalue weighted by molar-refractivity contribution is 6.53. The lowest BCUT2D eigenvalue weighted by Gasteiger charge is -2.32. The summed E-state index contributed by atoms with van der Waals surface area (Å²) in [5.41, 5.74) is 0.508. The second-order valence-electron chi connectivity index (χ2n) is 5.52. The molecule has 1 aliphatic heterocycles. The monoisotopic (exact) mass is 371 g/mol. The van der Waals surface area contributed by atoms with Gasteiger partial charge in [-0.15, -0.1) is 0 Å². The third kappa shape index (κ3) is 5.39. The van der Waals surface area contributed by atoms with Gasteiger partial charge in [-0.05, 0) is 25.0 Å². The molecule has 130 valence electrons. The summed E-state index contributed by atoms with van der Waals surface area (Å²) in [6, 6.07) is 8.67. The Morgan fingerprint density at radius 3 is 2.33 bits per heavy atom. The molecule has 2 rings (SSSR count). The first-order chi connectivity index (χ1) is 11.5. The summed E-state index contributed by atoms with van der Waals surface area (Å²) in [6.45, 7) is 0.907. The smallest absolute Gasteiger partial charge is 0.255 e. The normalized spacial score (nSPS) is 15.2. The molecule has 0 spiro atoms. The second-order valence-corrected chi connectivity index (χ2v) is 6.61. The van der Waals surface area contributed by atoms with Crippen LogP contribution < -0.4 is 10.6 Å². The fourth-order valence-electron chi connectivity index (χ4n) is 2.51. The molecule has 1 saturated heterocycles. The fraction of sp³-hybridized carbons (Fsp3) is 0.438. The highest BCUT2D eigenvalue weighted by Crippen LogP contribution is 2.14. The number of benzene rings is 1. The van der Waals surface area contributed by atoms with Gasteiger partial charge in [-0.3, -0.25) is 14.4 Å². The molecule has 1 heterocycles. The van der Waals surface area contributed by atoms with Crippen molar-refractivity contribution in [2.75, 3.05) is 19.6 Å². The van der Waals surface area contributed by atoms with E-state index in [1.54, 1.807) is 29.2 Å². The summed E-state index contributed by atoms with van der Waals surface area (Å²) in [7, 11) is 0. The van der Waals surface area contributed by atoms with Crippen LogP contribution in [0.2, 0.25) is 0 Å². The predicted molar refractivity (Wildman–Crippen MR) is 92.0 cm³/mol. The van der Waals surface area contributed by atoms with Gasteiger partial charge in [0.1, 0.15) is 0 Å². The highest BCUT2D eigenvalue weighted by Gasteiger charge is 2.26. The lowest BCUT2D eigenvalue weighted by atomic mass is 10.1. The minimum atomic E-state index is -1.05. The topological polar surface area (TPSA) is 78.5 Å². The molecule has 1 aromatic carbocycles. The quantitative estimate of drug-likeness (QED) is 0.766. The van der Waals surface area contributed by atoms with Crippen LogP contribution in [0.15, 0.2) is 30.3 Å². The van der Waals surface area contributed by atoms with Gasteiger partial charge in [-0.1, -0.05) is 41.4 Å². The maximum atomic E-state index is 11.9. The van der Waals surface area contributed by atoms with Crippen molar-refractivity contribution in [2.24, 2.45) is 0 Å². The number of nitrogens with one attached hydrogen (secondary N) is 2. The maximum Gasteiger partial charge on any atom is 0.255 e. The molecule has 6 nitrogen and oxygen atoms in total. The second kappa shape index (κ2) is 8.89. The van der Waals surface area contributed by atoms with Gasteiger partial charge in [-0.25, -0.2) is 0 Å². The average Bonchev–Trinajstić information content (AvgIpc) is 2.60. The van der Waals surface area contributed by atoms with Crippen LogP contribution in [0.5, 0.6) is 0 Å². The van der Waals surface area contributed by atoms with Gasteiger partial charge in [0.15, 0.2) is 4.84 Å². The Morgan fingerprint density at radius 1 is 1.12 bits per heavy atom. The molecule has 24 heavy (non-hydrogen) atoms. The molecule has 3 amide bonds. The van der Waals surface area contributed by atoms with Crippen LogP contribution in [-0.4, -0.2) is 53.1 Å². The summed E-state index contributed by atoms with van der Waals surface area (Å²) < 4.78 is 0. The molecule has 0 aliphatic carbocycles. The number of likely N-dealkylation sites (tertiary alicyclic amines) is 1. The number of rotatable bonds is 5. The largest absolute Gasteiger partial charge is 0.352 e. The van der Waals surface area contributed by atoms with Gasteiger partial charge < -0.3 is 15.5 Å². The summed E-state index contributed by atoms with van der Waals surface area (Å²) >= 11 is 11.1. The van der Waals surface area contributed by atoms with E-state index in [0.717, 1.165) is 0 Å². The van der Waals surface area contributed by atoms with E-state index in [1.807, 2.05) is 6.07 Å². The molecule has 0 unspecified atom stereocenters. The van der Waals surface area contributed by atoms with Crippen LogP contribution in [0, 0.1) is 0 Å². The van der Waals surface area contributed by atoms with E-state index in [9.17, 15) is 14.4 Å². The van der Waals surface area contributed by atoms with Crippen molar-refractivity contribution in [1.82, 2.24) is 15.5 Å². The van der Waals surface area contributed by atoms with Crippen molar-refractivity contribution in [2.45, 2.75) is 23.7 Å². The number of hydrogen-bond donors (Lipinski definition) is 2. The minimum absolute atomic E-state index is 0.0284. The number of nitrogens with zero attached hydrogens (tertiary/aromatic N) is 1. The van der Waals surface area contributed by atoms with E-state index in [0.29, 0.717) is 31.5 Å². The van der Waals surface area contributed by atoms with Gasteiger partial charge in [0.05, 0.1) is 6.54 Å². The molecular formula is C16H19Cl2N3O3. The van der Waals surface area contributed by atoms with E-state index >= 15 is 0 Å². The van der Waals surface area contributed by atoms with Gasteiger partial charge in [0, 0.05) is 24.7 Å². The van der Waals surface area contributed by atoms with E-state index in [2.05, 4.69) is 10.6 Å². The highest BCUT2D eigenvalue weighted by atomic mass is 35.5. The number of amides is 3. The van der Waals surface area contributed by atoms with E-state index in [-0.39, 0.29) is 30.3 Å². The molecule has 0 radical (unpaired) electrons. The number of carbonyl (C=O) groups is 3. The van der Waals surface area contributed by atoms with E-state index in [1.165, 1.54) is 0 Å². The zero-order valence-electron chi connectivity index (χ0n) is 13.0.